The second-order valence-electron chi connectivity index (χ2n) is 4.19. The molecule has 0 aliphatic rings. The summed E-state index contributed by atoms with van der Waals surface area (Å²) >= 11 is 0. The van der Waals surface area contributed by atoms with Gasteiger partial charge in [-0.3, -0.25) is 0 Å². The summed E-state index contributed by atoms with van der Waals surface area (Å²) in [4.78, 5) is 0. The average Bonchev–Trinajstić information content (AvgIpc) is 2.29. The van der Waals surface area contributed by atoms with Crippen LogP contribution in [0.2, 0.25) is 13.6 Å². The normalized spacial score (nSPS) is 11.2. The van der Waals surface area contributed by atoms with Gasteiger partial charge >= 0.3 is 0 Å². The highest BCUT2D eigenvalue weighted by atomic mass is 14.0. The van der Waals surface area contributed by atoms with Gasteiger partial charge in [0.2, 0.25) is 0 Å². The van der Waals surface area contributed by atoms with Crippen LogP contribution in [0.4, 0.5) is 0 Å². The number of allylic oxidation sites excluding steroid dienone is 5. The summed E-state index contributed by atoms with van der Waals surface area (Å²) in [7, 11) is 0. The first-order valence-electron chi connectivity index (χ1n) is 5.73. The van der Waals surface area contributed by atoms with Crippen molar-refractivity contribution in [2.24, 2.45) is 0 Å². The van der Waals surface area contributed by atoms with Crippen LogP contribution in [0, 0.1) is 0 Å². The van der Waals surface area contributed by atoms with E-state index in [0.717, 1.165) is 5.57 Å². The fraction of sp³-hybridized carbons (Fsp3) is 0.200. The smallest absolute Gasteiger partial charge is 0.0912 e. The lowest BCUT2D eigenvalue weighted by Gasteiger charge is -2.04. The van der Waals surface area contributed by atoms with Crippen molar-refractivity contribution in [2.45, 2.75) is 20.6 Å². The molecule has 0 spiro atoms. The number of rotatable bonds is 4. The fourth-order valence-electron chi connectivity index (χ4n) is 1.46. The average molecular weight is 210 g/mol. The Bertz CT molecular complexity index is 394. The summed E-state index contributed by atoms with van der Waals surface area (Å²) in [6, 6.07) is 8.62. The first-order chi connectivity index (χ1) is 7.65. The highest BCUT2D eigenvalue weighted by molar-refractivity contribution is 6.70. The van der Waals surface area contributed by atoms with Crippen molar-refractivity contribution in [1.82, 2.24) is 0 Å². The van der Waals surface area contributed by atoms with E-state index < -0.39 is 0 Å². The molecule has 0 aliphatic heterocycles. The highest BCUT2D eigenvalue weighted by Gasteiger charge is 2.02. The van der Waals surface area contributed by atoms with Crippen molar-refractivity contribution < 1.29 is 0 Å². The molecule has 0 unspecified atom stereocenters. The minimum Gasteiger partial charge on any atom is -0.0912 e. The van der Waals surface area contributed by atoms with E-state index in [4.69, 9.17) is 0 Å². The lowest BCUT2D eigenvalue weighted by molar-refractivity contribution is 1.64. The largest absolute Gasteiger partial charge is 0.169 e. The lowest BCUT2D eigenvalue weighted by Crippen LogP contribution is -2.21. The molecular formula is C15H19B. The van der Waals surface area contributed by atoms with E-state index in [1.54, 1.807) is 0 Å². The molecule has 0 heterocycles. The summed E-state index contributed by atoms with van der Waals surface area (Å²) in [6.07, 6.45) is 8.06. The molecule has 0 aliphatic carbocycles. The van der Waals surface area contributed by atoms with Gasteiger partial charge in [0, 0.05) is 0 Å². The maximum absolute atomic E-state index is 4.05. The van der Waals surface area contributed by atoms with Gasteiger partial charge in [0.25, 0.3) is 0 Å². The molecule has 0 N–H and O–H groups in total. The van der Waals surface area contributed by atoms with Crippen molar-refractivity contribution in [3.05, 3.63) is 60.7 Å². The molecule has 0 aromatic heterocycles. The Morgan fingerprint density at radius 1 is 1.12 bits per heavy atom. The Morgan fingerprint density at radius 2 is 1.75 bits per heavy atom. The van der Waals surface area contributed by atoms with Crippen molar-refractivity contribution >= 4 is 17.7 Å². The predicted octanol–water partition coefficient (Wildman–Crippen LogP) is 3.79. The standard InChI is InChI=1S/C15H19B/c1-5-6-7-8-13(2)14-9-11-15(12-10-14)16(3)4/h5-12H,2H2,1,3-4H3/b6-5-,8-7-. The molecule has 1 aromatic rings. The van der Waals surface area contributed by atoms with Crippen LogP contribution < -0.4 is 5.46 Å². The number of hydrogen-bond acceptors (Lipinski definition) is 0. The highest BCUT2D eigenvalue weighted by Crippen LogP contribution is 2.12. The van der Waals surface area contributed by atoms with Crippen molar-refractivity contribution in [2.75, 3.05) is 0 Å². The second-order valence-corrected chi connectivity index (χ2v) is 4.19. The number of hydrogen-bond donors (Lipinski definition) is 0. The summed E-state index contributed by atoms with van der Waals surface area (Å²) in [5.74, 6) is 0. The topological polar surface area (TPSA) is 0 Å². The van der Waals surface area contributed by atoms with Gasteiger partial charge in [0.05, 0.1) is 0 Å². The lowest BCUT2D eigenvalue weighted by atomic mass is 9.49. The van der Waals surface area contributed by atoms with E-state index in [1.165, 1.54) is 11.0 Å². The molecule has 1 rings (SSSR count). The van der Waals surface area contributed by atoms with Crippen molar-refractivity contribution in [3.8, 4) is 0 Å². The Hall–Kier alpha value is -1.50. The molecule has 1 aromatic carbocycles. The van der Waals surface area contributed by atoms with E-state index in [0.29, 0.717) is 6.71 Å². The van der Waals surface area contributed by atoms with Crippen molar-refractivity contribution in [1.29, 1.82) is 0 Å². The van der Waals surface area contributed by atoms with Crippen LogP contribution in [-0.4, -0.2) is 6.71 Å². The van der Waals surface area contributed by atoms with Gasteiger partial charge in [-0.05, 0) is 18.1 Å². The van der Waals surface area contributed by atoms with Crippen LogP contribution in [0.1, 0.15) is 12.5 Å². The zero-order chi connectivity index (χ0) is 12.0. The predicted molar refractivity (Wildman–Crippen MR) is 76.5 cm³/mol. The first kappa shape index (κ1) is 12.6. The monoisotopic (exact) mass is 210 g/mol. The van der Waals surface area contributed by atoms with Gasteiger partial charge in [0.15, 0.2) is 6.71 Å². The quantitative estimate of drug-likeness (QED) is 0.523. The van der Waals surface area contributed by atoms with Crippen LogP contribution in [0.15, 0.2) is 55.1 Å². The summed E-state index contributed by atoms with van der Waals surface area (Å²) in [6.45, 7) is 11.0. The zero-order valence-electron chi connectivity index (χ0n) is 10.4. The minimum absolute atomic E-state index is 0.584. The third-order valence-electron chi connectivity index (χ3n) is 2.55. The fourth-order valence-corrected chi connectivity index (χ4v) is 1.46. The molecule has 0 radical (unpaired) electrons. The summed E-state index contributed by atoms with van der Waals surface area (Å²) in [5, 5.41) is 0. The van der Waals surface area contributed by atoms with Gasteiger partial charge in [-0.1, -0.05) is 74.3 Å². The number of benzene rings is 1. The molecule has 0 atom stereocenters. The molecule has 0 amide bonds. The van der Waals surface area contributed by atoms with Gasteiger partial charge in [-0.2, -0.15) is 0 Å². The summed E-state index contributed by atoms with van der Waals surface area (Å²) < 4.78 is 0. The Morgan fingerprint density at radius 3 is 2.25 bits per heavy atom. The van der Waals surface area contributed by atoms with Gasteiger partial charge in [-0.25, -0.2) is 0 Å². The van der Waals surface area contributed by atoms with Gasteiger partial charge in [-0.15, -0.1) is 0 Å². The molecular weight excluding hydrogens is 191 g/mol. The minimum atomic E-state index is 0.584. The van der Waals surface area contributed by atoms with E-state index in [2.05, 4.69) is 44.5 Å². The molecule has 0 bridgehead atoms. The molecule has 0 fully saturated rings. The molecule has 82 valence electrons. The maximum atomic E-state index is 4.05. The second kappa shape index (κ2) is 6.17. The Balaban J connectivity index is 2.78. The van der Waals surface area contributed by atoms with Crippen molar-refractivity contribution in [3.63, 3.8) is 0 Å². The molecule has 0 saturated carbocycles. The zero-order valence-corrected chi connectivity index (χ0v) is 10.4. The van der Waals surface area contributed by atoms with E-state index in [1.807, 2.05) is 31.2 Å². The van der Waals surface area contributed by atoms with Gasteiger partial charge in [0.1, 0.15) is 0 Å². The van der Waals surface area contributed by atoms with E-state index >= 15 is 0 Å². The Labute approximate surface area is 99.5 Å². The molecule has 1 heteroatoms. The van der Waals surface area contributed by atoms with Gasteiger partial charge < -0.3 is 0 Å². The maximum Gasteiger partial charge on any atom is 0.169 e. The van der Waals surface area contributed by atoms with Crippen LogP contribution in [0.25, 0.3) is 5.57 Å². The van der Waals surface area contributed by atoms with Crippen LogP contribution in [0.5, 0.6) is 0 Å². The third-order valence-corrected chi connectivity index (χ3v) is 2.55. The Kier molecular flexibility index (Phi) is 4.85. The molecule has 0 nitrogen and oxygen atoms in total. The van der Waals surface area contributed by atoms with Crippen LogP contribution in [-0.2, 0) is 0 Å². The molecule has 0 saturated heterocycles. The third kappa shape index (κ3) is 3.58. The SMILES string of the molecule is C=C(/C=C\C=C/C)c1ccc(B(C)C)cc1. The van der Waals surface area contributed by atoms with Crippen LogP contribution >= 0.6 is 0 Å². The van der Waals surface area contributed by atoms with E-state index in [9.17, 15) is 0 Å². The molecule has 16 heavy (non-hydrogen) atoms. The van der Waals surface area contributed by atoms with E-state index in [-0.39, 0.29) is 0 Å². The summed E-state index contributed by atoms with van der Waals surface area (Å²) in [5.41, 5.74) is 3.60. The first-order valence-corrected chi connectivity index (χ1v) is 5.73. The van der Waals surface area contributed by atoms with Crippen LogP contribution in [0.3, 0.4) is 0 Å².